The van der Waals surface area contributed by atoms with Crippen molar-refractivity contribution in [2.24, 2.45) is 0 Å². The molecule has 0 aliphatic carbocycles. The number of benzene rings is 1. The number of aryl methyl sites for hydroxylation is 1. The van der Waals surface area contributed by atoms with E-state index in [1.54, 1.807) is 6.54 Å². The predicted molar refractivity (Wildman–Crippen MR) is 64.0 cm³/mol. The molecule has 0 aliphatic rings. The lowest BCUT2D eigenvalue weighted by Crippen LogP contribution is -2.31. The maximum absolute atomic E-state index is 11.4. The fraction of sp³-hybridized carbons (Fsp3) is 0.385. The fourth-order valence-corrected chi connectivity index (χ4v) is 1.19. The van der Waals surface area contributed by atoms with Gasteiger partial charge in [-0.3, -0.25) is 0 Å². The van der Waals surface area contributed by atoms with Gasteiger partial charge in [0, 0.05) is 0 Å². The average Bonchev–Trinajstić information content (AvgIpc) is 2.14. The quantitative estimate of drug-likeness (QED) is 0.832. The Morgan fingerprint density at radius 3 is 2.50 bits per heavy atom. The first-order valence-electron chi connectivity index (χ1n) is 5.27. The second-order valence-corrected chi connectivity index (χ2v) is 4.65. The number of hydrogen-bond donors (Lipinski definition) is 1. The third-order valence-electron chi connectivity index (χ3n) is 1.93. The molecule has 0 fully saturated rings. The summed E-state index contributed by atoms with van der Waals surface area (Å²) in [6.45, 7) is 9.15. The van der Waals surface area contributed by atoms with Gasteiger partial charge >= 0.3 is 6.09 Å². The van der Waals surface area contributed by atoms with Crippen molar-refractivity contribution in [1.82, 2.24) is 5.32 Å². The summed E-state index contributed by atoms with van der Waals surface area (Å²) in [6.07, 6.45) is -0.434. The first kappa shape index (κ1) is 12.6. The van der Waals surface area contributed by atoms with Crippen LogP contribution in [0.2, 0.25) is 0 Å². The molecule has 1 radical (unpaired) electrons. The van der Waals surface area contributed by atoms with Crippen molar-refractivity contribution in [3.05, 3.63) is 41.9 Å². The topological polar surface area (TPSA) is 38.3 Å². The molecule has 1 N–H and O–H groups in total. The van der Waals surface area contributed by atoms with Gasteiger partial charge in [0.25, 0.3) is 0 Å². The summed E-state index contributed by atoms with van der Waals surface area (Å²) in [7, 11) is 0. The summed E-state index contributed by atoms with van der Waals surface area (Å²) >= 11 is 0. The van der Waals surface area contributed by atoms with Gasteiger partial charge in [-0.25, -0.2) is 4.79 Å². The molecular weight excluding hydrogens is 202 g/mol. The molecule has 1 amide bonds. The van der Waals surface area contributed by atoms with Gasteiger partial charge in [0.1, 0.15) is 5.60 Å². The van der Waals surface area contributed by atoms with Crippen LogP contribution in [0, 0.1) is 13.5 Å². The van der Waals surface area contributed by atoms with Gasteiger partial charge in [-0.2, -0.15) is 0 Å². The molecule has 0 bridgehead atoms. The Balaban J connectivity index is 2.47. The molecular formula is C13H18NO2. The van der Waals surface area contributed by atoms with E-state index < -0.39 is 11.7 Å². The van der Waals surface area contributed by atoms with Crippen molar-refractivity contribution in [3.63, 3.8) is 0 Å². The molecule has 0 spiro atoms. The number of rotatable bonds is 2. The highest BCUT2D eigenvalue weighted by Gasteiger charge is 2.15. The summed E-state index contributed by atoms with van der Waals surface area (Å²) in [5.41, 5.74) is 1.62. The lowest BCUT2D eigenvalue weighted by atomic mass is 10.1. The molecule has 87 valence electrons. The molecule has 0 aromatic heterocycles. The molecule has 0 saturated carbocycles. The van der Waals surface area contributed by atoms with E-state index in [2.05, 4.69) is 5.32 Å². The number of nitrogens with one attached hydrogen (secondary N) is 1. The van der Waals surface area contributed by atoms with Crippen molar-refractivity contribution in [3.8, 4) is 0 Å². The van der Waals surface area contributed by atoms with E-state index >= 15 is 0 Å². The standard InChI is InChI=1S/C13H18NO2/c1-10-7-5-6-8-11(10)9-14-12(15)16-13(2,3)4/h5-9H,1-4H3,(H,14,15). The van der Waals surface area contributed by atoms with Crippen LogP contribution in [0.3, 0.4) is 0 Å². The number of ether oxygens (including phenoxy) is 1. The highest BCUT2D eigenvalue weighted by atomic mass is 16.6. The molecule has 0 atom stereocenters. The van der Waals surface area contributed by atoms with Crippen LogP contribution < -0.4 is 5.32 Å². The normalized spacial score (nSPS) is 11.0. The monoisotopic (exact) mass is 220 g/mol. The Morgan fingerprint density at radius 1 is 1.31 bits per heavy atom. The summed E-state index contributed by atoms with van der Waals surface area (Å²) in [6, 6.07) is 7.81. The highest BCUT2D eigenvalue weighted by molar-refractivity contribution is 5.69. The molecule has 16 heavy (non-hydrogen) atoms. The number of hydrogen-bond acceptors (Lipinski definition) is 2. The van der Waals surface area contributed by atoms with E-state index in [9.17, 15) is 4.79 Å². The Labute approximate surface area is 96.8 Å². The lowest BCUT2D eigenvalue weighted by molar-refractivity contribution is 0.0545. The van der Waals surface area contributed by atoms with Crippen LogP contribution in [0.4, 0.5) is 4.79 Å². The maximum atomic E-state index is 11.4. The van der Waals surface area contributed by atoms with E-state index in [-0.39, 0.29) is 0 Å². The van der Waals surface area contributed by atoms with Crippen molar-refractivity contribution in [1.29, 1.82) is 0 Å². The minimum atomic E-state index is -0.469. The molecule has 3 nitrogen and oxygen atoms in total. The third kappa shape index (κ3) is 4.34. The Hall–Kier alpha value is -1.51. The number of carbonyl (C=O) groups is 1. The Bertz CT molecular complexity index is 366. The first-order valence-corrected chi connectivity index (χ1v) is 5.27. The minimum absolute atomic E-state index is 0.434. The number of alkyl carbamates (subject to hydrolysis) is 1. The molecule has 1 aromatic rings. The van der Waals surface area contributed by atoms with E-state index in [1.807, 2.05) is 52.0 Å². The average molecular weight is 220 g/mol. The van der Waals surface area contributed by atoms with Crippen LogP contribution >= 0.6 is 0 Å². The van der Waals surface area contributed by atoms with Crippen LogP contribution in [0.25, 0.3) is 0 Å². The van der Waals surface area contributed by atoms with E-state index in [1.165, 1.54) is 0 Å². The van der Waals surface area contributed by atoms with Crippen molar-refractivity contribution < 1.29 is 9.53 Å². The number of amides is 1. The van der Waals surface area contributed by atoms with Crippen molar-refractivity contribution in [2.45, 2.75) is 33.3 Å². The zero-order valence-corrected chi connectivity index (χ0v) is 10.2. The lowest BCUT2D eigenvalue weighted by Gasteiger charge is -2.19. The zero-order chi connectivity index (χ0) is 12.2. The largest absolute Gasteiger partial charge is 0.444 e. The minimum Gasteiger partial charge on any atom is -0.444 e. The van der Waals surface area contributed by atoms with Gasteiger partial charge in [0.15, 0.2) is 0 Å². The van der Waals surface area contributed by atoms with Crippen LogP contribution in [-0.2, 0) is 4.74 Å². The molecule has 3 heteroatoms. The second kappa shape index (κ2) is 5.01. The van der Waals surface area contributed by atoms with Crippen molar-refractivity contribution in [2.75, 3.05) is 0 Å². The van der Waals surface area contributed by atoms with Crippen LogP contribution in [-0.4, -0.2) is 11.7 Å². The van der Waals surface area contributed by atoms with E-state index in [0.717, 1.165) is 11.1 Å². The van der Waals surface area contributed by atoms with Gasteiger partial charge in [-0.15, -0.1) is 0 Å². The molecule has 0 unspecified atom stereocenters. The Morgan fingerprint density at radius 2 is 1.94 bits per heavy atom. The molecule has 0 saturated heterocycles. The summed E-state index contributed by atoms with van der Waals surface area (Å²) < 4.78 is 5.12. The van der Waals surface area contributed by atoms with Crippen molar-refractivity contribution >= 4 is 6.09 Å². The predicted octanol–water partition coefficient (Wildman–Crippen LogP) is 3.03. The molecule has 0 aliphatic heterocycles. The fourth-order valence-electron chi connectivity index (χ4n) is 1.19. The van der Waals surface area contributed by atoms with Gasteiger partial charge in [-0.1, -0.05) is 24.3 Å². The van der Waals surface area contributed by atoms with E-state index in [4.69, 9.17) is 4.74 Å². The third-order valence-corrected chi connectivity index (χ3v) is 1.93. The SMILES string of the molecule is Cc1ccccc1[CH]NC(=O)OC(C)(C)C. The van der Waals surface area contributed by atoms with Gasteiger partial charge in [-0.05, 0) is 38.8 Å². The van der Waals surface area contributed by atoms with Crippen LogP contribution in [0.1, 0.15) is 31.9 Å². The number of carbonyl (C=O) groups excluding carboxylic acids is 1. The highest BCUT2D eigenvalue weighted by Crippen LogP contribution is 2.09. The van der Waals surface area contributed by atoms with Gasteiger partial charge in [0.2, 0.25) is 0 Å². The molecule has 1 rings (SSSR count). The maximum Gasteiger partial charge on any atom is 0.408 e. The Kier molecular flexibility index (Phi) is 3.93. The smallest absolute Gasteiger partial charge is 0.408 e. The summed E-state index contributed by atoms with van der Waals surface area (Å²) in [5.74, 6) is 0. The van der Waals surface area contributed by atoms with Crippen LogP contribution in [0.15, 0.2) is 24.3 Å². The molecule has 1 aromatic carbocycles. The summed E-state index contributed by atoms with van der Waals surface area (Å²) in [5, 5.41) is 2.61. The second-order valence-electron chi connectivity index (χ2n) is 4.65. The van der Waals surface area contributed by atoms with E-state index in [0.29, 0.717) is 0 Å². The zero-order valence-electron chi connectivity index (χ0n) is 10.2. The van der Waals surface area contributed by atoms with Gasteiger partial charge in [0.05, 0.1) is 6.54 Å². The van der Waals surface area contributed by atoms with Crippen LogP contribution in [0.5, 0.6) is 0 Å². The first-order chi connectivity index (χ1) is 7.38. The van der Waals surface area contributed by atoms with Gasteiger partial charge < -0.3 is 10.1 Å². The molecule has 0 heterocycles. The summed E-state index contributed by atoms with van der Waals surface area (Å²) in [4.78, 5) is 11.4.